The molecule has 0 spiro atoms. The summed E-state index contributed by atoms with van der Waals surface area (Å²) in [5, 5.41) is 9.46. The van der Waals surface area contributed by atoms with Gasteiger partial charge in [0.25, 0.3) is 0 Å². The molecule has 0 atom stereocenters. The van der Waals surface area contributed by atoms with Gasteiger partial charge in [0, 0.05) is 10.6 Å². The summed E-state index contributed by atoms with van der Waals surface area (Å²) in [6.45, 7) is 0.418. The number of rotatable bonds is 6. The van der Waals surface area contributed by atoms with Gasteiger partial charge < -0.3 is 14.3 Å². The molecule has 1 aromatic heterocycles. The number of nitrogens with zero attached hydrogens (tertiary/aromatic N) is 1. The van der Waals surface area contributed by atoms with Gasteiger partial charge in [-0.05, 0) is 23.8 Å². The number of halogens is 1. The Hall–Kier alpha value is -2.79. The minimum atomic E-state index is -1.13. The Labute approximate surface area is 143 Å². The molecule has 5 nitrogen and oxygen atoms in total. The van der Waals surface area contributed by atoms with Crippen molar-refractivity contribution in [2.45, 2.75) is 13.0 Å². The fourth-order valence-electron chi connectivity index (χ4n) is 2.22. The van der Waals surface area contributed by atoms with Crippen LogP contribution in [0.4, 0.5) is 0 Å². The average molecular weight is 344 g/mol. The molecule has 6 heteroatoms. The second-order valence-electron chi connectivity index (χ2n) is 5.13. The topological polar surface area (TPSA) is 72.6 Å². The number of carbonyl (C=O) groups is 1. The van der Waals surface area contributed by atoms with Crippen molar-refractivity contribution < 1.29 is 19.1 Å². The predicted octanol–water partition coefficient (Wildman–Crippen LogP) is 4.20. The van der Waals surface area contributed by atoms with Crippen LogP contribution in [0.1, 0.15) is 27.5 Å². The highest BCUT2D eigenvalue weighted by molar-refractivity contribution is 6.30. The summed E-state index contributed by atoms with van der Waals surface area (Å²) < 4.78 is 11.1. The van der Waals surface area contributed by atoms with Crippen LogP contribution in [0.25, 0.3) is 0 Å². The summed E-state index contributed by atoms with van der Waals surface area (Å²) >= 11 is 6.06. The number of carboxylic acids is 1. The first-order chi connectivity index (χ1) is 11.6. The van der Waals surface area contributed by atoms with Crippen LogP contribution in [0.5, 0.6) is 5.75 Å². The van der Waals surface area contributed by atoms with Crippen LogP contribution in [0.2, 0.25) is 5.02 Å². The van der Waals surface area contributed by atoms with Gasteiger partial charge >= 0.3 is 5.97 Å². The smallest absolute Gasteiger partial charge is 0.357 e. The molecule has 24 heavy (non-hydrogen) atoms. The minimum absolute atomic E-state index is 0.126. The molecule has 0 amide bonds. The monoisotopic (exact) mass is 343 g/mol. The SMILES string of the molecule is O=C(O)c1coc(Cc2cc(Cl)ccc2OCc2ccccc2)n1. The van der Waals surface area contributed by atoms with Crippen LogP contribution in [0.3, 0.4) is 0 Å². The summed E-state index contributed by atoms with van der Waals surface area (Å²) in [5.74, 6) is -0.186. The number of aromatic carboxylic acids is 1. The van der Waals surface area contributed by atoms with Gasteiger partial charge in [0.2, 0.25) is 0 Å². The molecule has 1 heterocycles. The molecule has 0 aliphatic carbocycles. The van der Waals surface area contributed by atoms with Gasteiger partial charge in [-0.1, -0.05) is 41.9 Å². The highest BCUT2D eigenvalue weighted by atomic mass is 35.5. The van der Waals surface area contributed by atoms with E-state index in [-0.39, 0.29) is 12.1 Å². The maximum atomic E-state index is 10.9. The normalized spacial score (nSPS) is 10.5. The fraction of sp³-hybridized carbons (Fsp3) is 0.111. The second kappa shape index (κ2) is 7.19. The first-order valence-corrected chi connectivity index (χ1v) is 7.62. The van der Waals surface area contributed by atoms with Crippen molar-refractivity contribution in [3.05, 3.63) is 82.5 Å². The third kappa shape index (κ3) is 3.94. The molecule has 0 fully saturated rings. The summed E-state index contributed by atoms with van der Waals surface area (Å²) in [7, 11) is 0. The van der Waals surface area contributed by atoms with E-state index in [0.29, 0.717) is 23.3 Å². The summed E-state index contributed by atoms with van der Waals surface area (Å²) in [4.78, 5) is 14.8. The van der Waals surface area contributed by atoms with Crippen molar-refractivity contribution in [1.82, 2.24) is 4.98 Å². The van der Waals surface area contributed by atoms with Crippen molar-refractivity contribution in [1.29, 1.82) is 0 Å². The van der Waals surface area contributed by atoms with Crippen molar-refractivity contribution in [3.63, 3.8) is 0 Å². The van der Waals surface area contributed by atoms with Crippen LogP contribution in [-0.4, -0.2) is 16.1 Å². The third-order valence-corrected chi connectivity index (χ3v) is 3.61. The van der Waals surface area contributed by atoms with Gasteiger partial charge in [-0.15, -0.1) is 0 Å². The minimum Gasteiger partial charge on any atom is -0.489 e. The van der Waals surface area contributed by atoms with E-state index in [4.69, 9.17) is 25.9 Å². The largest absolute Gasteiger partial charge is 0.489 e. The Morgan fingerprint density at radius 2 is 2.00 bits per heavy atom. The van der Waals surface area contributed by atoms with Crippen LogP contribution in [0, 0.1) is 0 Å². The number of ether oxygens (including phenoxy) is 1. The molecule has 0 bridgehead atoms. The Morgan fingerprint density at radius 3 is 2.71 bits per heavy atom. The van der Waals surface area contributed by atoms with Crippen molar-refractivity contribution >= 4 is 17.6 Å². The van der Waals surface area contributed by atoms with E-state index in [1.807, 2.05) is 30.3 Å². The number of benzene rings is 2. The molecule has 0 aliphatic heterocycles. The van der Waals surface area contributed by atoms with E-state index in [0.717, 1.165) is 17.4 Å². The predicted molar refractivity (Wildman–Crippen MR) is 88.5 cm³/mol. The highest BCUT2D eigenvalue weighted by Gasteiger charge is 2.13. The molecule has 122 valence electrons. The molecular formula is C18H14ClNO4. The average Bonchev–Trinajstić information content (AvgIpc) is 3.04. The number of oxazole rings is 1. The lowest BCUT2D eigenvalue weighted by atomic mass is 10.1. The van der Waals surface area contributed by atoms with Crippen LogP contribution >= 0.6 is 11.6 Å². The second-order valence-corrected chi connectivity index (χ2v) is 5.57. The molecule has 3 rings (SSSR count). The molecule has 2 aromatic carbocycles. The highest BCUT2D eigenvalue weighted by Crippen LogP contribution is 2.26. The van der Waals surface area contributed by atoms with Crippen LogP contribution in [-0.2, 0) is 13.0 Å². The van der Waals surface area contributed by atoms with E-state index in [2.05, 4.69) is 4.98 Å². The Kier molecular flexibility index (Phi) is 4.82. The molecule has 0 aliphatic rings. The first-order valence-electron chi connectivity index (χ1n) is 7.24. The molecule has 0 saturated carbocycles. The maximum Gasteiger partial charge on any atom is 0.357 e. The first kappa shape index (κ1) is 16.1. The third-order valence-electron chi connectivity index (χ3n) is 3.37. The molecule has 3 aromatic rings. The number of carboxylic acid groups (broad SMARTS) is 1. The number of aromatic nitrogens is 1. The molecular weight excluding hydrogens is 330 g/mol. The molecule has 1 N–H and O–H groups in total. The quantitative estimate of drug-likeness (QED) is 0.726. The van der Waals surface area contributed by atoms with E-state index in [1.54, 1.807) is 18.2 Å². The fourth-order valence-corrected chi connectivity index (χ4v) is 2.41. The lowest BCUT2D eigenvalue weighted by Gasteiger charge is -2.11. The van der Waals surface area contributed by atoms with E-state index in [1.165, 1.54) is 0 Å². The van der Waals surface area contributed by atoms with E-state index < -0.39 is 5.97 Å². The van der Waals surface area contributed by atoms with Crippen molar-refractivity contribution in [2.24, 2.45) is 0 Å². The van der Waals surface area contributed by atoms with Gasteiger partial charge in [-0.3, -0.25) is 0 Å². The Balaban J connectivity index is 1.78. The summed E-state index contributed by atoms with van der Waals surface area (Å²) in [6, 6.07) is 15.1. The van der Waals surface area contributed by atoms with Crippen molar-refractivity contribution in [2.75, 3.05) is 0 Å². The zero-order valence-electron chi connectivity index (χ0n) is 12.6. The van der Waals surface area contributed by atoms with Gasteiger partial charge in [0.05, 0.1) is 6.42 Å². The zero-order chi connectivity index (χ0) is 16.9. The summed E-state index contributed by atoms with van der Waals surface area (Å²) in [6.07, 6.45) is 1.41. The lowest BCUT2D eigenvalue weighted by molar-refractivity contribution is 0.0690. The van der Waals surface area contributed by atoms with Gasteiger partial charge in [0.15, 0.2) is 11.6 Å². The molecule has 0 saturated heterocycles. The van der Waals surface area contributed by atoms with Gasteiger partial charge in [-0.2, -0.15) is 0 Å². The zero-order valence-corrected chi connectivity index (χ0v) is 13.4. The van der Waals surface area contributed by atoms with E-state index >= 15 is 0 Å². The number of hydrogen-bond donors (Lipinski definition) is 1. The summed E-state index contributed by atoms with van der Waals surface area (Å²) in [5.41, 5.74) is 1.69. The van der Waals surface area contributed by atoms with Gasteiger partial charge in [-0.25, -0.2) is 9.78 Å². The standard InChI is InChI=1S/C18H14ClNO4/c19-14-6-7-16(23-10-12-4-2-1-3-5-12)13(8-14)9-17-20-15(11-24-17)18(21)22/h1-8,11H,9-10H2,(H,21,22). The lowest BCUT2D eigenvalue weighted by Crippen LogP contribution is -2.00. The van der Waals surface area contributed by atoms with Crippen molar-refractivity contribution in [3.8, 4) is 5.75 Å². The van der Waals surface area contributed by atoms with Crippen LogP contribution < -0.4 is 4.74 Å². The number of hydrogen-bond acceptors (Lipinski definition) is 4. The molecule has 0 unspecified atom stereocenters. The Morgan fingerprint density at radius 1 is 1.21 bits per heavy atom. The molecule has 0 radical (unpaired) electrons. The van der Waals surface area contributed by atoms with E-state index in [9.17, 15) is 4.79 Å². The van der Waals surface area contributed by atoms with Crippen LogP contribution in [0.15, 0.2) is 59.2 Å². The maximum absolute atomic E-state index is 10.9. The Bertz CT molecular complexity index is 845. The van der Waals surface area contributed by atoms with Gasteiger partial charge in [0.1, 0.15) is 18.6 Å².